The van der Waals surface area contributed by atoms with Crippen molar-refractivity contribution < 1.29 is 4.57 Å². The SMILES string of the molecule is C[n+]1ccn(Cc2ccc(CN)cc2)c1. The second kappa shape index (κ2) is 4.28. The molecule has 1 aromatic heterocycles. The summed E-state index contributed by atoms with van der Waals surface area (Å²) in [7, 11) is 2.02. The standard InChI is InChI=1S/C12H16N3/c1-14-6-7-15(10-14)9-12-4-2-11(8-13)3-5-12/h2-7,10H,8-9,13H2,1H3/q+1. The summed E-state index contributed by atoms with van der Waals surface area (Å²) in [5.74, 6) is 0. The van der Waals surface area contributed by atoms with E-state index < -0.39 is 0 Å². The van der Waals surface area contributed by atoms with Crippen molar-refractivity contribution in [3.8, 4) is 0 Å². The second-order valence-corrected chi connectivity index (χ2v) is 3.77. The average Bonchev–Trinajstić information content (AvgIpc) is 2.65. The molecule has 1 heterocycles. The molecular weight excluding hydrogens is 186 g/mol. The quantitative estimate of drug-likeness (QED) is 0.735. The van der Waals surface area contributed by atoms with Gasteiger partial charge in [-0.1, -0.05) is 24.3 Å². The topological polar surface area (TPSA) is 34.8 Å². The highest BCUT2D eigenvalue weighted by molar-refractivity contribution is 5.22. The highest BCUT2D eigenvalue weighted by atomic mass is 15.1. The van der Waals surface area contributed by atoms with Gasteiger partial charge in [0.1, 0.15) is 18.9 Å². The number of nitrogens with zero attached hydrogens (tertiary/aromatic N) is 2. The highest BCUT2D eigenvalue weighted by Gasteiger charge is 2.01. The Morgan fingerprint density at radius 1 is 1.20 bits per heavy atom. The van der Waals surface area contributed by atoms with Gasteiger partial charge >= 0.3 is 0 Å². The molecule has 2 rings (SSSR count). The summed E-state index contributed by atoms with van der Waals surface area (Å²) in [5.41, 5.74) is 8.02. The predicted octanol–water partition coefficient (Wildman–Crippen LogP) is 0.820. The van der Waals surface area contributed by atoms with Crippen LogP contribution in [0.2, 0.25) is 0 Å². The van der Waals surface area contributed by atoms with Gasteiger partial charge in [-0.25, -0.2) is 9.13 Å². The molecule has 0 radical (unpaired) electrons. The van der Waals surface area contributed by atoms with Crippen LogP contribution in [0.1, 0.15) is 11.1 Å². The van der Waals surface area contributed by atoms with Gasteiger partial charge in [-0.05, 0) is 11.1 Å². The van der Waals surface area contributed by atoms with Crippen LogP contribution in [-0.2, 0) is 20.1 Å². The van der Waals surface area contributed by atoms with Crippen LogP contribution in [0, 0.1) is 0 Å². The Morgan fingerprint density at radius 3 is 2.40 bits per heavy atom. The minimum Gasteiger partial charge on any atom is -0.326 e. The van der Waals surface area contributed by atoms with Gasteiger partial charge in [0.25, 0.3) is 0 Å². The van der Waals surface area contributed by atoms with Crippen LogP contribution in [0.15, 0.2) is 43.0 Å². The second-order valence-electron chi connectivity index (χ2n) is 3.77. The van der Waals surface area contributed by atoms with E-state index >= 15 is 0 Å². The van der Waals surface area contributed by atoms with Gasteiger partial charge in [0.05, 0.1) is 7.05 Å². The Bertz CT molecular complexity index is 428. The first kappa shape index (κ1) is 9.93. The molecule has 15 heavy (non-hydrogen) atoms. The molecule has 2 N–H and O–H groups in total. The first-order valence-corrected chi connectivity index (χ1v) is 5.07. The van der Waals surface area contributed by atoms with E-state index in [2.05, 4.69) is 41.4 Å². The van der Waals surface area contributed by atoms with E-state index in [9.17, 15) is 0 Å². The Balaban J connectivity index is 2.11. The molecule has 0 fully saturated rings. The molecule has 0 atom stereocenters. The van der Waals surface area contributed by atoms with Crippen LogP contribution >= 0.6 is 0 Å². The van der Waals surface area contributed by atoms with E-state index in [0.717, 1.165) is 6.54 Å². The molecule has 0 aliphatic heterocycles. The third-order valence-electron chi connectivity index (χ3n) is 2.45. The van der Waals surface area contributed by atoms with Gasteiger partial charge in [-0.2, -0.15) is 0 Å². The fourth-order valence-corrected chi connectivity index (χ4v) is 1.59. The zero-order chi connectivity index (χ0) is 10.7. The van der Waals surface area contributed by atoms with Crippen molar-refractivity contribution >= 4 is 0 Å². The van der Waals surface area contributed by atoms with Crippen molar-refractivity contribution in [3.05, 3.63) is 54.1 Å². The molecule has 1 aromatic carbocycles. The number of rotatable bonds is 3. The summed E-state index contributed by atoms with van der Waals surface area (Å²) in [6.45, 7) is 1.52. The van der Waals surface area contributed by atoms with Gasteiger partial charge in [0, 0.05) is 6.54 Å². The number of hydrogen-bond donors (Lipinski definition) is 1. The molecular formula is C12H16N3+. The largest absolute Gasteiger partial charge is 0.326 e. The van der Waals surface area contributed by atoms with Crippen molar-refractivity contribution in [1.29, 1.82) is 0 Å². The summed E-state index contributed by atoms with van der Waals surface area (Å²) >= 11 is 0. The Labute approximate surface area is 89.8 Å². The molecule has 2 aromatic rings. The van der Waals surface area contributed by atoms with E-state index in [-0.39, 0.29) is 0 Å². The first-order chi connectivity index (χ1) is 7.28. The smallest absolute Gasteiger partial charge is 0.243 e. The molecule has 0 amide bonds. The van der Waals surface area contributed by atoms with E-state index in [1.54, 1.807) is 0 Å². The Morgan fingerprint density at radius 2 is 1.87 bits per heavy atom. The van der Waals surface area contributed by atoms with Crippen LogP contribution in [0.3, 0.4) is 0 Å². The zero-order valence-electron chi connectivity index (χ0n) is 8.93. The summed E-state index contributed by atoms with van der Waals surface area (Å²) in [5, 5.41) is 0. The van der Waals surface area contributed by atoms with E-state index in [1.165, 1.54) is 11.1 Å². The number of nitrogens with two attached hydrogens (primary N) is 1. The Kier molecular flexibility index (Phi) is 2.83. The summed E-state index contributed by atoms with van der Waals surface area (Å²) in [4.78, 5) is 0. The molecule has 3 nitrogen and oxygen atoms in total. The van der Waals surface area contributed by atoms with Crippen LogP contribution in [0.4, 0.5) is 0 Å². The van der Waals surface area contributed by atoms with E-state index in [1.807, 2.05) is 17.8 Å². The molecule has 0 aliphatic carbocycles. The van der Waals surface area contributed by atoms with Crippen molar-refractivity contribution in [1.82, 2.24) is 4.57 Å². The van der Waals surface area contributed by atoms with E-state index in [4.69, 9.17) is 5.73 Å². The summed E-state index contributed by atoms with van der Waals surface area (Å²) < 4.78 is 4.19. The molecule has 0 saturated heterocycles. The molecule has 0 aliphatic rings. The zero-order valence-corrected chi connectivity index (χ0v) is 8.93. The number of aromatic nitrogens is 2. The van der Waals surface area contributed by atoms with Gasteiger partial charge < -0.3 is 5.73 Å². The van der Waals surface area contributed by atoms with Gasteiger partial charge in [-0.15, -0.1) is 0 Å². The first-order valence-electron chi connectivity index (χ1n) is 5.07. The van der Waals surface area contributed by atoms with Crippen LogP contribution in [-0.4, -0.2) is 4.57 Å². The lowest BCUT2D eigenvalue weighted by molar-refractivity contribution is -0.671. The third-order valence-corrected chi connectivity index (χ3v) is 2.45. The van der Waals surface area contributed by atoms with Gasteiger partial charge in [0.2, 0.25) is 6.33 Å². The van der Waals surface area contributed by atoms with Crippen LogP contribution in [0.5, 0.6) is 0 Å². The van der Waals surface area contributed by atoms with Gasteiger partial charge in [-0.3, -0.25) is 0 Å². The number of aryl methyl sites for hydroxylation is 1. The predicted molar refractivity (Wildman–Crippen MR) is 59.0 cm³/mol. The van der Waals surface area contributed by atoms with Crippen molar-refractivity contribution in [2.24, 2.45) is 12.8 Å². The van der Waals surface area contributed by atoms with Crippen LogP contribution < -0.4 is 10.3 Å². The van der Waals surface area contributed by atoms with Crippen LogP contribution in [0.25, 0.3) is 0 Å². The monoisotopic (exact) mass is 202 g/mol. The van der Waals surface area contributed by atoms with Crippen molar-refractivity contribution in [2.75, 3.05) is 0 Å². The molecule has 0 spiro atoms. The highest BCUT2D eigenvalue weighted by Crippen LogP contribution is 2.05. The lowest BCUT2D eigenvalue weighted by Gasteiger charge is -1.99. The lowest BCUT2D eigenvalue weighted by atomic mass is 10.1. The number of hydrogen-bond acceptors (Lipinski definition) is 1. The van der Waals surface area contributed by atoms with Gasteiger partial charge in [0.15, 0.2) is 0 Å². The fourth-order valence-electron chi connectivity index (χ4n) is 1.59. The third kappa shape index (κ3) is 2.44. The fraction of sp³-hybridized carbons (Fsp3) is 0.250. The van der Waals surface area contributed by atoms with Crippen molar-refractivity contribution in [2.45, 2.75) is 13.1 Å². The average molecular weight is 202 g/mol. The van der Waals surface area contributed by atoms with Crippen molar-refractivity contribution in [3.63, 3.8) is 0 Å². The minimum atomic E-state index is 0.610. The molecule has 78 valence electrons. The summed E-state index contributed by atoms with van der Waals surface area (Å²) in [6, 6.07) is 8.42. The summed E-state index contributed by atoms with van der Waals surface area (Å²) in [6.07, 6.45) is 6.17. The minimum absolute atomic E-state index is 0.610. The lowest BCUT2D eigenvalue weighted by Crippen LogP contribution is -2.23. The molecule has 0 unspecified atom stereocenters. The maximum Gasteiger partial charge on any atom is 0.243 e. The Hall–Kier alpha value is -1.61. The molecule has 0 saturated carbocycles. The van der Waals surface area contributed by atoms with E-state index in [0.29, 0.717) is 6.54 Å². The maximum atomic E-state index is 5.55. The number of imidazole rings is 1. The normalized spacial score (nSPS) is 10.5. The number of benzene rings is 1. The maximum absolute atomic E-state index is 5.55. The molecule has 3 heteroatoms. The molecule has 0 bridgehead atoms.